The standard InChI is InChI=1S/C15H14N4OS/c1-18(2)11-5-7-12(8-6-11)19-15(13(10-20)16-17-19)14-4-3-9-21-14/h3-10H,1-2H3. The van der Waals surface area contributed by atoms with Crippen molar-refractivity contribution in [3.05, 3.63) is 47.5 Å². The number of anilines is 1. The Hall–Kier alpha value is -2.47. The average molecular weight is 298 g/mol. The van der Waals surface area contributed by atoms with Gasteiger partial charge in [-0.1, -0.05) is 11.3 Å². The highest BCUT2D eigenvalue weighted by molar-refractivity contribution is 7.13. The Balaban J connectivity index is 2.10. The Morgan fingerprint density at radius 1 is 1.19 bits per heavy atom. The fourth-order valence-corrected chi connectivity index (χ4v) is 2.85. The molecule has 1 aromatic carbocycles. The van der Waals surface area contributed by atoms with Gasteiger partial charge in [-0.2, -0.15) is 0 Å². The quantitative estimate of drug-likeness (QED) is 0.695. The molecule has 2 aromatic heterocycles. The summed E-state index contributed by atoms with van der Waals surface area (Å²) in [6, 6.07) is 11.9. The van der Waals surface area contributed by atoms with E-state index in [4.69, 9.17) is 0 Å². The van der Waals surface area contributed by atoms with Gasteiger partial charge in [-0.15, -0.1) is 16.4 Å². The number of hydrogen-bond donors (Lipinski definition) is 0. The van der Waals surface area contributed by atoms with Crippen LogP contribution in [0.4, 0.5) is 5.69 Å². The number of nitrogens with zero attached hydrogens (tertiary/aromatic N) is 4. The van der Waals surface area contributed by atoms with E-state index in [0.717, 1.165) is 28.2 Å². The van der Waals surface area contributed by atoms with Crippen molar-refractivity contribution in [2.75, 3.05) is 19.0 Å². The fraction of sp³-hybridized carbons (Fsp3) is 0.133. The van der Waals surface area contributed by atoms with Gasteiger partial charge in [-0.3, -0.25) is 4.79 Å². The largest absolute Gasteiger partial charge is 0.378 e. The molecule has 21 heavy (non-hydrogen) atoms. The third-order valence-corrected chi connectivity index (χ3v) is 4.05. The summed E-state index contributed by atoms with van der Waals surface area (Å²) in [5.41, 5.74) is 3.07. The Morgan fingerprint density at radius 2 is 1.95 bits per heavy atom. The highest BCUT2D eigenvalue weighted by Crippen LogP contribution is 2.28. The number of thiophene rings is 1. The van der Waals surface area contributed by atoms with E-state index in [1.807, 2.05) is 60.8 Å². The van der Waals surface area contributed by atoms with Gasteiger partial charge in [0.2, 0.25) is 0 Å². The summed E-state index contributed by atoms with van der Waals surface area (Å²) in [5.74, 6) is 0. The van der Waals surface area contributed by atoms with Crippen LogP contribution in [0, 0.1) is 0 Å². The van der Waals surface area contributed by atoms with Gasteiger partial charge in [-0.05, 0) is 35.7 Å². The molecule has 0 unspecified atom stereocenters. The maximum atomic E-state index is 11.2. The topological polar surface area (TPSA) is 51.0 Å². The monoisotopic (exact) mass is 298 g/mol. The molecule has 0 atom stereocenters. The molecule has 3 rings (SSSR count). The molecule has 3 aromatic rings. The first-order valence-corrected chi connectivity index (χ1v) is 7.31. The normalized spacial score (nSPS) is 10.6. The SMILES string of the molecule is CN(C)c1ccc(-n2nnc(C=O)c2-c2cccs2)cc1. The fourth-order valence-electron chi connectivity index (χ4n) is 2.09. The molecule has 0 fully saturated rings. The molecule has 0 N–H and O–H groups in total. The summed E-state index contributed by atoms with van der Waals surface area (Å²) in [6.45, 7) is 0. The van der Waals surface area contributed by atoms with Crippen LogP contribution in [0.5, 0.6) is 0 Å². The van der Waals surface area contributed by atoms with Gasteiger partial charge in [0.25, 0.3) is 0 Å². The van der Waals surface area contributed by atoms with Crippen LogP contribution in [-0.4, -0.2) is 35.4 Å². The first-order valence-electron chi connectivity index (χ1n) is 6.43. The number of carbonyl (C=O) groups excluding carboxylic acids is 1. The van der Waals surface area contributed by atoms with Gasteiger partial charge in [0.1, 0.15) is 5.69 Å². The summed E-state index contributed by atoms with van der Waals surface area (Å²) in [4.78, 5) is 14.2. The van der Waals surface area contributed by atoms with Gasteiger partial charge >= 0.3 is 0 Å². The molecular weight excluding hydrogens is 284 g/mol. The zero-order chi connectivity index (χ0) is 14.8. The lowest BCUT2D eigenvalue weighted by Gasteiger charge is -2.13. The van der Waals surface area contributed by atoms with Gasteiger partial charge in [0.15, 0.2) is 12.0 Å². The molecule has 106 valence electrons. The zero-order valence-electron chi connectivity index (χ0n) is 11.7. The van der Waals surface area contributed by atoms with Crippen LogP contribution < -0.4 is 4.90 Å². The molecule has 0 amide bonds. The summed E-state index contributed by atoms with van der Waals surface area (Å²) in [7, 11) is 3.98. The number of carbonyl (C=O) groups is 1. The van der Waals surface area contributed by atoms with Crippen LogP contribution >= 0.6 is 11.3 Å². The lowest BCUT2D eigenvalue weighted by Crippen LogP contribution is -2.08. The van der Waals surface area contributed by atoms with Gasteiger partial charge in [0, 0.05) is 19.8 Å². The molecule has 0 saturated carbocycles. The average Bonchev–Trinajstić information content (AvgIpc) is 3.15. The minimum absolute atomic E-state index is 0.356. The molecule has 0 saturated heterocycles. The van der Waals surface area contributed by atoms with E-state index in [-0.39, 0.29) is 0 Å². The Morgan fingerprint density at radius 3 is 2.52 bits per heavy atom. The smallest absolute Gasteiger partial charge is 0.172 e. The van der Waals surface area contributed by atoms with Crippen LogP contribution in [0.25, 0.3) is 16.3 Å². The number of aldehydes is 1. The number of rotatable bonds is 4. The number of hydrogen-bond acceptors (Lipinski definition) is 5. The molecule has 0 radical (unpaired) electrons. The Bertz CT molecular complexity index is 745. The van der Waals surface area contributed by atoms with Crippen molar-refractivity contribution in [3.8, 4) is 16.3 Å². The van der Waals surface area contributed by atoms with E-state index in [1.165, 1.54) is 0 Å². The van der Waals surface area contributed by atoms with Gasteiger partial charge in [-0.25, -0.2) is 4.68 Å². The van der Waals surface area contributed by atoms with E-state index in [0.29, 0.717) is 5.69 Å². The second-order valence-corrected chi connectivity index (χ2v) is 5.69. The van der Waals surface area contributed by atoms with Crippen LogP contribution in [0.2, 0.25) is 0 Å². The zero-order valence-corrected chi connectivity index (χ0v) is 12.5. The van der Waals surface area contributed by atoms with Crippen LogP contribution in [0.15, 0.2) is 41.8 Å². The van der Waals surface area contributed by atoms with Crippen molar-refractivity contribution < 1.29 is 4.79 Å². The first-order chi connectivity index (χ1) is 10.2. The second kappa shape index (κ2) is 5.49. The lowest BCUT2D eigenvalue weighted by atomic mass is 10.2. The maximum Gasteiger partial charge on any atom is 0.172 e. The van der Waals surface area contributed by atoms with E-state index in [9.17, 15) is 4.79 Å². The van der Waals surface area contributed by atoms with E-state index in [1.54, 1.807) is 16.0 Å². The molecule has 0 aliphatic heterocycles. The number of benzene rings is 1. The van der Waals surface area contributed by atoms with E-state index >= 15 is 0 Å². The maximum absolute atomic E-state index is 11.2. The molecular formula is C15H14N4OS. The van der Waals surface area contributed by atoms with Crippen molar-refractivity contribution in [1.82, 2.24) is 15.0 Å². The third kappa shape index (κ3) is 2.45. The minimum atomic E-state index is 0.356. The summed E-state index contributed by atoms with van der Waals surface area (Å²) >= 11 is 1.56. The molecule has 0 spiro atoms. The highest BCUT2D eigenvalue weighted by Gasteiger charge is 2.16. The minimum Gasteiger partial charge on any atom is -0.378 e. The van der Waals surface area contributed by atoms with E-state index < -0.39 is 0 Å². The van der Waals surface area contributed by atoms with Crippen molar-refractivity contribution in [2.45, 2.75) is 0 Å². The van der Waals surface area contributed by atoms with Crippen molar-refractivity contribution >= 4 is 23.3 Å². The summed E-state index contributed by atoms with van der Waals surface area (Å²) < 4.78 is 1.70. The second-order valence-electron chi connectivity index (χ2n) is 4.74. The Labute approximate surface area is 126 Å². The Kier molecular flexibility index (Phi) is 3.53. The third-order valence-electron chi connectivity index (χ3n) is 3.17. The predicted octanol–water partition coefficient (Wildman–Crippen LogP) is 2.87. The van der Waals surface area contributed by atoms with Crippen molar-refractivity contribution in [1.29, 1.82) is 0 Å². The molecule has 6 heteroatoms. The van der Waals surface area contributed by atoms with Crippen LogP contribution in [0.1, 0.15) is 10.5 Å². The molecule has 2 heterocycles. The number of aromatic nitrogens is 3. The van der Waals surface area contributed by atoms with Crippen molar-refractivity contribution in [2.24, 2.45) is 0 Å². The van der Waals surface area contributed by atoms with Gasteiger partial charge in [0.05, 0.1) is 10.6 Å². The molecule has 0 aliphatic rings. The highest BCUT2D eigenvalue weighted by atomic mass is 32.1. The molecule has 0 bridgehead atoms. The van der Waals surface area contributed by atoms with E-state index in [2.05, 4.69) is 10.3 Å². The first kappa shape index (κ1) is 13.5. The summed E-state index contributed by atoms with van der Waals surface area (Å²) in [5, 5.41) is 10.1. The van der Waals surface area contributed by atoms with Gasteiger partial charge < -0.3 is 4.90 Å². The molecule has 5 nitrogen and oxygen atoms in total. The van der Waals surface area contributed by atoms with Crippen LogP contribution in [0.3, 0.4) is 0 Å². The van der Waals surface area contributed by atoms with Crippen LogP contribution in [-0.2, 0) is 0 Å². The summed E-state index contributed by atoms with van der Waals surface area (Å²) in [6.07, 6.45) is 0.743. The van der Waals surface area contributed by atoms with Crippen molar-refractivity contribution in [3.63, 3.8) is 0 Å². The lowest BCUT2D eigenvalue weighted by molar-refractivity contribution is 0.111. The predicted molar refractivity (Wildman–Crippen MR) is 84.4 cm³/mol. The molecule has 0 aliphatic carbocycles.